The van der Waals surface area contributed by atoms with E-state index in [9.17, 15) is 27.1 Å². The molecule has 2 aromatic carbocycles. The fourth-order valence-corrected chi connectivity index (χ4v) is 3.48. The van der Waals surface area contributed by atoms with Crippen LogP contribution in [0.2, 0.25) is 0 Å². The van der Waals surface area contributed by atoms with Gasteiger partial charge in [0.15, 0.2) is 5.60 Å². The Morgan fingerprint density at radius 2 is 1.79 bits per heavy atom. The molecule has 176 valence electrons. The summed E-state index contributed by atoms with van der Waals surface area (Å²) in [5.41, 5.74) is -3.69. The molecule has 2 atom stereocenters. The van der Waals surface area contributed by atoms with Gasteiger partial charge in [-0.05, 0) is 52.4 Å². The summed E-state index contributed by atoms with van der Waals surface area (Å²) in [6, 6.07) is 8.46. The van der Waals surface area contributed by atoms with Crippen LogP contribution in [-0.4, -0.2) is 36.7 Å². The maximum atomic E-state index is 14.5. The van der Waals surface area contributed by atoms with Gasteiger partial charge in [0.05, 0.1) is 11.9 Å². The second-order valence-electron chi connectivity index (χ2n) is 7.28. The summed E-state index contributed by atoms with van der Waals surface area (Å²) in [6.07, 6.45) is -1.40. The Morgan fingerprint density at radius 1 is 1.00 bits per heavy atom. The van der Waals surface area contributed by atoms with Crippen molar-refractivity contribution in [3.8, 4) is 5.75 Å². The molecule has 12 heteroatoms. The lowest BCUT2D eigenvalue weighted by molar-refractivity contribution is -0.131. The highest BCUT2D eigenvalue weighted by molar-refractivity contribution is 5.32. The molecule has 4 rings (SSSR count). The third-order valence-corrected chi connectivity index (χ3v) is 5.08. The van der Waals surface area contributed by atoms with E-state index in [4.69, 9.17) is 4.74 Å². The molecule has 34 heavy (non-hydrogen) atoms. The maximum absolute atomic E-state index is 14.5. The minimum Gasteiger partial charge on any atom is -0.487 e. The molecule has 2 aromatic heterocycles. The van der Waals surface area contributed by atoms with E-state index < -0.39 is 41.1 Å². The highest BCUT2D eigenvalue weighted by Gasteiger charge is 2.52. The standard InChI is InChI=1S/C22H16F5N5O2/c23-14-3-1-2-13(8-14)11-34-16-5-7-19(28-10-16)20(32-12-29-30-31-32)22(33,21(26)27)17-6-4-15(24)9-18(17)25/h1-10,12,20-21,33H,11H2. The van der Waals surface area contributed by atoms with E-state index in [2.05, 4.69) is 20.5 Å². The number of hydrogen-bond donors (Lipinski definition) is 1. The van der Waals surface area contributed by atoms with Crippen LogP contribution in [0.5, 0.6) is 5.75 Å². The van der Waals surface area contributed by atoms with Gasteiger partial charge in [-0.15, -0.1) is 5.10 Å². The van der Waals surface area contributed by atoms with Crippen molar-refractivity contribution in [3.05, 3.63) is 101 Å². The van der Waals surface area contributed by atoms with Crippen molar-refractivity contribution < 1.29 is 31.8 Å². The Morgan fingerprint density at radius 3 is 2.41 bits per heavy atom. The van der Waals surface area contributed by atoms with Gasteiger partial charge in [-0.1, -0.05) is 12.1 Å². The minimum absolute atomic E-state index is 0.0109. The Hall–Kier alpha value is -3.93. The molecule has 0 bridgehead atoms. The quantitative estimate of drug-likeness (QED) is 0.389. The Labute approximate surface area is 189 Å². The molecule has 4 aromatic rings. The first kappa shape index (κ1) is 23.2. The second kappa shape index (κ2) is 9.51. The lowest BCUT2D eigenvalue weighted by atomic mass is 9.84. The average molecular weight is 477 g/mol. The molecular formula is C22H16F5N5O2. The van der Waals surface area contributed by atoms with Crippen molar-refractivity contribution in [1.29, 1.82) is 0 Å². The number of alkyl halides is 2. The maximum Gasteiger partial charge on any atom is 0.273 e. The second-order valence-corrected chi connectivity index (χ2v) is 7.28. The first-order valence-electron chi connectivity index (χ1n) is 9.80. The summed E-state index contributed by atoms with van der Waals surface area (Å²) in [6.45, 7) is 0.0109. The van der Waals surface area contributed by atoms with Gasteiger partial charge in [0, 0.05) is 11.6 Å². The highest BCUT2D eigenvalue weighted by atomic mass is 19.3. The van der Waals surface area contributed by atoms with Gasteiger partial charge in [-0.25, -0.2) is 26.6 Å². The van der Waals surface area contributed by atoms with E-state index in [1.807, 2.05) is 0 Å². The topological polar surface area (TPSA) is 86.0 Å². The van der Waals surface area contributed by atoms with Crippen molar-refractivity contribution in [1.82, 2.24) is 25.2 Å². The molecule has 0 saturated carbocycles. The van der Waals surface area contributed by atoms with Crippen LogP contribution in [0.25, 0.3) is 0 Å². The molecule has 0 amide bonds. The number of aliphatic hydroxyl groups is 1. The smallest absolute Gasteiger partial charge is 0.273 e. The molecular weight excluding hydrogens is 461 g/mol. The number of aromatic nitrogens is 5. The molecule has 0 spiro atoms. The lowest BCUT2D eigenvalue weighted by Gasteiger charge is -2.35. The summed E-state index contributed by atoms with van der Waals surface area (Å²) in [5.74, 6) is -2.60. The van der Waals surface area contributed by atoms with Gasteiger partial charge in [0.2, 0.25) is 0 Å². The third-order valence-electron chi connectivity index (χ3n) is 5.08. The van der Waals surface area contributed by atoms with Gasteiger partial charge < -0.3 is 9.84 Å². The van der Waals surface area contributed by atoms with E-state index in [1.54, 1.807) is 6.07 Å². The molecule has 7 nitrogen and oxygen atoms in total. The van der Waals surface area contributed by atoms with Crippen LogP contribution < -0.4 is 4.74 Å². The predicted molar refractivity (Wildman–Crippen MR) is 107 cm³/mol. The third kappa shape index (κ3) is 4.57. The van der Waals surface area contributed by atoms with Crippen molar-refractivity contribution in [2.75, 3.05) is 0 Å². The molecule has 0 aliphatic heterocycles. The number of pyridine rings is 1. The monoisotopic (exact) mass is 477 g/mol. The molecule has 2 unspecified atom stereocenters. The fraction of sp³-hybridized carbons (Fsp3) is 0.182. The normalized spacial score (nSPS) is 14.1. The summed E-state index contributed by atoms with van der Waals surface area (Å²) < 4.78 is 76.2. The first-order chi connectivity index (χ1) is 16.3. The fourth-order valence-electron chi connectivity index (χ4n) is 3.48. The van der Waals surface area contributed by atoms with Crippen molar-refractivity contribution in [3.63, 3.8) is 0 Å². The highest BCUT2D eigenvalue weighted by Crippen LogP contribution is 2.43. The summed E-state index contributed by atoms with van der Waals surface area (Å²) >= 11 is 0. The van der Waals surface area contributed by atoms with E-state index >= 15 is 0 Å². The van der Waals surface area contributed by atoms with Crippen molar-refractivity contribution in [2.24, 2.45) is 0 Å². The predicted octanol–water partition coefficient (Wildman–Crippen LogP) is 3.81. The molecule has 2 heterocycles. The Kier molecular flexibility index (Phi) is 6.50. The van der Waals surface area contributed by atoms with Gasteiger partial charge in [-0.2, -0.15) is 0 Å². The zero-order valence-corrected chi connectivity index (χ0v) is 17.2. The van der Waals surface area contributed by atoms with Crippen LogP contribution in [0.15, 0.2) is 67.1 Å². The van der Waals surface area contributed by atoms with Crippen molar-refractivity contribution >= 4 is 0 Å². The largest absolute Gasteiger partial charge is 0.487 e. The van der Waals surface area contributed by atoms with Crippen LogP contribution in [0.1, 0.15) is 22.9 Å². The van der Waals surface area contributed by atoms with Crippen LogP contribution in [-0.2, 0) is 12.2 Å². The Bertz CT molecular complexity index is 1260. The van der Waals surface area contributed by atoms with E-state index in [-0.39, 0.29) is 18.1 Å². The van der Waals surface area contributed by atoms with Crippen molar-refractivity contribution in [2.45, 2.75) is 24.7 Å². The van der Waals surface area contributed by atoms with Gasteiger partial charge in [-0.3, -0.25) is 4.98 Å². The van der Waals surface area contributed by atoms with E-state index in [0.29, 0.717) is 11.6 Å². The number of tetrazole rings is 1. The number of ether oxygens (including phenoxy) is 1. The summed E-state index contributed by atoms with van der Waals surface area (Å²) in [7, 11) is 0. The molecule has 0 saturated heterocycles. The van der Waals surface area contributed by atoms with E-state index in [0.717, 1.165) is 23.1 Å². The summed E-state index contributed by atoms with van der Waals surface area (Å²) in [4.78, 5) is 4.08. The summed E-state index contributed by atoms with van der Waals surface area (Å²) in [5, 5.41) is 21.5. The number of halogens is 5. The molecule has 1 N–H and O–H groups in total. The van der Waals surface area contributed by atoms with Crippen LogP contribution in [0.4, 0.5) is 22.0 Å². The molecule has 0 radical (unpaired) electrons. The number of benzene rings is 2. The lowest BCUT2D eigenvalue weighted by Crippen LogP contribution is -2.45. The average Bonchev–Trinajstić information content (AvgIpc) is 3.32. The zero-order valence-electron chi connectivity index (χ0n) is 17.2. The zero-order chi connectivity index (χ0) is 24.3. The Balaban J connectivity index is 1.70. The molecule has 0 fully saturated rings. The molecule has 0 aliphatic carbocycles. The van der Waals surface area contributed by atoms with Crippen LogP contribution in [0.3, 0.4) is 0 Å². The van der Waals surface area contributed by atoms with Gasteiger partial charge >= 0.3 is 0 Å². The van der Waals surface area contributed by atoms with Crippen LogP contribution >= 0.6 is 0 Å². The van der Waals surface area contributed by atoms with E-state index in [1.165, 1.54) is 36.5 Å². The number of rotatable bonds is 8. The molecule has 0 aliphatic rings. The van der Waals surface area contributed by atoms with Gasteiger partial charge in [0.25, 0.3) is 6.43 Å². The number of hydrogen-bond acceptors (Lipinski definition) is 6. The number of nitrogens with zero attached hydrogens (tertiary/aromatic N) is 5. The SMILES string of the molecule is OC(c1ccc(F)cc1F)(C(F)F)C(c1ccc(OCc2cccc(F)c2)cn1)n1cnnn1. The van der Waals surface area contributed by atoms with Gasteiger partial charge in [0.1, 0.15) is 42.2 Å². The van der Waals surface area contributed by atoms with Crippen LogP contribution in [0, 0.1) is 17.5 Å². The first-order valence-corrected chi connectivity index (χ1v) is 9.80. The minimum atomic E-state index is -3.55.